The summed E-state index contributed by atoms with van der Waals surface area (Å²) in [6, 6.07) is 17.6. The van der Waals surface area contributed by atoms with Crippen molar-refractivity contribution in [2.75, 3.05) is 17.2 Å². The first-order chi connectivity index (χ1) is 18.1. The summed E-state index contributed by atoms with van der Waals surface area (Å²) in [5, 5.41) is 16.0. The van der Waals surface area contributed by atoms with Crippen LogP contribution in [0.1, 0.15) is 36.1 Å². The second kappa shape index (κ2) is 11.6. The van der Waals surface area contributed by atoms with Crippen LogP contribution in [0, 0.1) is 0 Å². The normalized spacial score (nSPS) is 15.8. The minimum absolute atomic E-state index is 0.00138. The average Bonchev–Trinajstić information content (AvgIpc) is 2.87. The van der Waals surface area contributed by atoms with E-state index in [1.807, 2.05) is 38.1 Å². The van der Waals surface area contributed by atoms with Crippen LogP contribution in [0.15, 0.2) is 85.0 Å². The van der Waals surface area contributed by atoms with Crippen LogP contribution in [0.3, 0.4) is 0 Å². The van der Waals surface area contributed by atoms with Gasteiger partial charge in [-0.15, -0.1) is 0 Å². The van der Waals surface area contributed by atoms with Gasteiger partial charge in [0.05, 0.1) is 17.8 Å². The van der Waals surface area contributed by atoms with Crippen LogP contribution in [0.4, 0.5) is 24.5 Å². The number of allylic oxidation sites excluding steroid dienone is 2. The lowest BCUT2D eigenvalue weighted by molar-refractivity contribution is -0.137. The fourth-order valence-electron chi connectivity index (χ4n) is 4.21. The molecule has 4 rings (SSSR count). The lowest BCUT2D eigenvalue weighted by Crippen LogP contribution is -2.28. The lowest BCUT2D eigenvalue weighted by Gasteiger charge is -2.24. The summed E-state index contributed by atoms with van der Waals surface area (Å²) in [5.74, 6) is 0.304. The molecule has 5 nitrogen and oxygen atoms in total. The molecule has 8 heteroatoms. The van der Waals surface area contributed by atoms with Crippen LogP contribution in [0.25, 0.3) is 5.57 Å². The third-order valence-electron chi connectivity index (χ3n) is 5.97. The number of rotatable bonds is 7. The molecule has 3 N–H and O–H groups in total. The summed E-state index contributed by atoms with van der Waals surface area (Å²) >= 11 is 0. The molecule has 38 heavy (non-hydrogen) atoms. The molecule has 0 bridgehead atoms. The fourth-order valence-corrected chi connectivity index (χ4v) is 4.21. The second-order valence-electron chi connectivity index (χ2n) is 9.27. The zero-order valence-electron chi connectivity index (χ0n) is 21.0. The Hall–Kier alpha value is -4.04. The van der Waals surface area contributed by atoms with Gasteiger partial charge in [0.2, 0.25) is 5.91 Å². The lowest BCUT2D eigenvalue weighted by atomic mass is 9.96. The number of carbonyl (C=O) groups is 1. The molecule has 3 aromatic rings. The van der Waals surface area contributed by atoms with Crippen LogP contribution in [0.2, 0.25) is 0 Å². The fraction of sp³-hybridized carbons (Fsp3) is 0.233. The molecule has 0 spiro atoms. The first-order valence-electron chi connectivity index (χ1n) is 12.3. The van der Waals surface area contributed by atoms with Crippen LogP contribution < -0.4 is 15.4 Å². The highest BCUT2D eigenvalue weighted by Gasteiger charge is 2.30. The number of ether oxygens (including phenoxy) is 1. The van der Waals surface area contributed by atoms with Gasteiger partial charge in [0.15, 0.2) is 0 Å². The SMILES string of the molecule is CC(C)Oc1ccc(C(=CC=CC(=O)Nc2cccc3c2CC(O)CN3)c2ccc(C(F)(F)F)cc2)cc1. The van der Waals surface area contributed by atoms with Gasteiger partial charge in [-0.1, -0.05) is 42.5 Å². The minimum atomic E-state index is -4.43. The van der Waals surface area contributed by atoms with Crippen LogP contribution >= 0.6 is 0 Å². The van der Waals surface area contributed by atoms with E-state index in [2.05, 4.69) is 10.6 Å². The van der Waals surface area contributed by atoms with Crippen molar-refractivity contribution in [3.63, 3.8) is 0 Å². The summed E-state index contributed by atoms with van der Waals surface area (Å²) in [6.45, 7) is 4.29. The molecule has 3 aromatic carbocycles. The molecule has 1 aliphatic rings. The van der Waals surface area contributed by atoms with E-state index >= 15 is 0 Å². The largest absolute Gasteiger partial charge is 0.491 e. The molecular formula is C30H29F3N2O3. The van der Waals surface area contributed by atoms with E-state index in [0.717, 1.165) is 28.9 Å². The van der Waals surface area contributed by atoms with Crippen molar-refractivity contribution in [3.8, 4) is 5.75 Å². The first kappa shape index (κ1) is 27.0. The number of hydrogen-bond donors (Lipinski definition) is 3. The van der Waals surface area contributed by atoms with Crippen LogP contribution in [-0.2, 0) is 17.4 Å². The highest BCUT2D eigenvalue weighted by molar-refractivity contribution is 6.00. The predicted molar refractivity (Wildman–Crippen MR) is 143 cm³/mol. The van der Waals surface area contributed by atoms with Gasteiger partial charge in [-0.05, 0) is 66.9 Å². The number of fused-ring (bicyclic) bond motifs is 1. The predicted octanol–water partition coefficient (Wildman–Crippen LogP) is 6.45. The minimum Gasteiger partial charge on any atom is -0.491 e. The Kier molecular flexibility index (Phi) is 8.22. The van der Waals surface area contributed by atoms with E-state index in [1.165, 1.54) is 18.2 Å². The number of benzene rings is 3. The maximum atomic E-state index is 13.1. The van der Waals surface area contributed by atoms with Gasteiger partial charge >= 0.3 is 6.18 Å². The smallest absolute Gasteiger partial charge is 0.416 e. The average molecular weight is 523 g/mol. The molecule has 1 amide bonds. The van der Waals surface area contributed by atoms with Gasteiger partial charge < -0.3 is 20.5 Å². The number of alkyl halides is 3. The molecule has 1 unspecified atom stereocenters. The van der Waals surface area contributed by atoms with E-state index < -0.39 is 17.8 Å². The number of hydrogen-bond acceptors (Lipinski definition) is 4. The molecule has 0 fully saturated rings. The summed E-state index contributed by atoms with van der Waals surface area (Å²) in [7, 11) is 0. The molecule has 0 radical (unpaired) electrons. The van der Waals surface area contributed by atoms with Crippen molar-refractivity contribution < 1.29 is 27.8 Å². The van der Waals surface area contributed by atoms with Crippen molar-refractivity contribution in [2.24, 2.45) is 0 Å². The van der Waals surface area contributed by atoms with Gasteiger partial charge in [0, 0.05) is 36.0 Å². The maximum Gasteiger partial charge on any atom is 0.416 e. The Morgan fingerprint density at radius 3 is 2.34 bits per heavy atom. The standard InChI is InChI=1S/C30H29F3N2O3/c1-19(2)38-24-15-11-21(12-16-24)25(20-9-13-22(14-10-20)30(31,32)33)5-3-8-29(37)35-28-7-4-6-27-26(28)17-23(36)18-34-27/h3-16,19,23,34,36H,17-18H2,1-2H3,(H,35,37). The Morgan fingerprint density at radius 2 is 1.71 bits per heavy atom. The van der Waals surface area contributed by atoms with Crippen molar-refractivity contribution in [1.82, 2.24) is 0 Å². The Balaban J connectivity index is 1.59. The third kappa shape index (κ3) is 6.83. The molecular weight excluding hydrogens is 493 g/mol. The molecule has 0 saturated heterocycles. The van der Waals surface area contributed by atoms with E-state index in [1.54, 1.807) is 30.4 Å². The number of β-amino-alcohol motifs (C(OH)–C–C–N with tert-alkyl or cyclic N) is 1. The van der Waals surface area contributed by atoms with E-state index in [0.29, 0.717) is 35.5 Å². The maximum absolute atomic E-state index is 13.1. The molecule has 1 atom stereocenters. The number of halogens is 3. The quantitative estimate of drug-likeness (QED) is 0.246. The number of carbonyl (C=O) groups excluding carboxylic acids is 1. The molecule has 0 saturated carbocycles. The number of aliphatic hydroxyl groups is 1. The number of amides is 1. The van der Waals surface area contributed by atoms with Gasteiger partial charge in [-0.2, -0.15) is 13.2 Å². The van der Waals surface area contributed by atoms with Crippen molar-refractivity contribution in [1.29, 1.82) is 0 Å². The van der Waals surface area contributed by atoms with Crippen molar-refractivity contribution >= 4 is 22.9 Å². The van der Waals surface area contributed by atoms with E-state index in [9.17, 15) is 23.1 Å². The summed E-state index contributed by atoms with van der Waals surface area (Å²) < 4.78 is 45.0. The highest BCUT2D eigenvalue weighted by Crippen LogP contribution is 2.32. The zero-order chi connectivity index (χ0) is 27.3. The Labute approximate surface area is 219 Å². The van der Waals surface area contributed by atoms with Crippen LogP contribution in [0.5, 0.6) is 5.75 Å². The summed E-state index contributed by atoms with van der Waals surface area (Å²) in [4.78, 5) is 12.7. The Morgan fingerprint density at radius 1 is 1.05 bits per heavy atom. The Bertz CT molecular complexity index is 1330. The summed E-state index contributed by atoms with van der Waals surface area (Å²) in [5.41, 5.74) is 3.53. The number of anilines is 2. The monoisotopic (exact) mass is 522 g/mol. The van der Waals surface area contributed by atoms with Gasteiger partial charge in [0.1, 0.15) is 5.75 Å². The number of nitrogens with one attached hydrogen (secondary N) is 2. The molecule has 0 aromatic heterocycles. The van der Waals surface area contributed by atoms with Gasteiger partial charge in [-0.25, -0.2) is 0 Å². The molecule has 1 heterocycles. The highest BCUT2D eigenvalue weighted by atomic mass is 19.4. The molecule has 198 valence electrons. The molecule has 0 aliphatic carbocycles. The van der Waals surface area contributed by atoms with Crippen LogP contribution in [-0.4, -0.2) is 29.8 Å². The van der Waals surface area contributed by atoms with E-state index in [-0.39, 0.29) is 12.0 Å². The van der Waals surface area contributed by atoms with Gasteiger partial charge in [0.25, 0.3) is 0 Å². The number of aliphatic hydroxyl groups excluding tert-OH is 1. The zero-order valence-corrected chi connectivity index (χ0v) is 21.0. The molecule has 1 aliphatic heterocycles. The second-order valence-corrected chi connectivity index (χ2v) is 9.27. The third-order valence-corrected chi connectivity index (χ3v) is 5.97. The van der Waals surface area contributed by atoms with Gasteiger partial charge in [-0.3, -0.25) is 4.79 Å². The van der Waals surface area contributed by atoms with Crippen molar-refractivity contribution in [3.05, 3.63) is 107 Å². The topological polar surface area (TPSA) is 70.6 Å². The van der Waals surface area contributed by atoms with E-state index in [4.69, 9.17) is 4.74 Å². The summed E-state index contributed by atoms with van der Waals surface area (Å²) in [6.07, 6.45) is 0.0568. The van der Waals surface area contributed by atoms with Crippen molar-refractivity contribution in [2.45, 2.75) is 38.7 Å². The first-order valence-corrected chi connectivity index (χ1v) is 12.3.